The Morgan fingerprint density at radius 3 is 2.33 bits per heavy atom. The Morgan fingerprint density at radius 2 is 2.00 bits per heavy atom. The van der Waals surface area contributed by atoms with E-state index in [9.17, 15) is 4.79 Å². The summed E-state index contributed by atoms with van der Waals surface area (Å²) in [5.41, 5.74) is -0.390. The summed E-state index contributed by atoms with van der Waals surface area (Å²) < 4.78 is 5.14. The number of hydrogen-bond donors (Lipinski definition) is 0. The summed E-state index contributed by atoms with van der Waals surface area (Å²) in [5.74, 6) is 0. The normalized spacial score (nSPS) is 11.0. The Bertz CT molecular complexity index is 154. The van der Waals surface area contributed by atoms with Gasteiger partial charge in [-0.25, -0.2) is 4.79 Å². The zero-order valence-corrected chi connectivity index (χ0v) is 8.68. The number of carbonyl (C=O) groups excluding carboxylic acids is 1. The van der Waals surface area contributed by atoms with Gasteiger partial charge in [0.15, 0.2) is 0 Å². The third kappa shape index (κ3) is 5.05. The largest absolute Gasteiger partial charge is 0.444 e. The molecule has 0 spiro atoms. The molecule has 0 aromatic rings. The first-order valence-corrected chi connectivity index (χ1v) is 4.31. The summed E-state index contributed by atoms with van der Waals surface area (Å²) in [6.45, 7) is 6.34. The maximum atomic E-state index is 11.3. The number of amides is 1. The minimum absolute atomic E-state index is 0.246. The molecule has 12 heavy (non-hydrogen) atoms. The van der Waals surface area contributed by atoms with Crippen molar-refractivity contribution in [2.24, 2.45) is 0 Å². The van der Waals surface area contributed by atoms with Crippen LogP contribution in [0, 0.1) is 0 Å². The SMILES string of the molecule is BCCN(C)C(=O)OC(C)(C)C. The van der Waals surface area contributed by atoms with E-state index in [2.05, 4.69) is 0 Å². The van der Waals surface area contributed by atoms with Crippen molar-refractivity contribution in [1.29, 1.82) is 0 Å². The molecule has 70 valence electrons. The lowest BCUT2D eigenvalue weighted by Crippen LogP contribution is -2.34. The van der Waals surface area contributed by atoms with Gasteiger partial charge in [0.1, 0.15) is 13.4 Å². The number of nitrogens with zero attached hydrogens (tertiary/aromatic N) is 1. The van der Waals surface area contributed by atoms with Gasteiger partial charge in [-0.1, -0.05) is 6.32 Å². The lowest BCUT2D eigenvalue weighted by molar-refractivity contribution is 0.0308. The average molecular weight is 171 g/mol. The van der Waals surface area contributed by atoms with Crippen molar-refractivity contribution in [2.75, 3.05) is 13.6 Å². The van der Waals surface area contributed by atoms with Crippen LogP contribution < -0.4 is 0 Å². The van der Waals surface area contributed by atoms with Gasteiger partial charge in [-0.05, 0) is 20.8 Å². The first-order valence-electron chi connectivity index (χ1n) is 4.31. The summed E-state index contributed by atoms with van der Waals surface area (Å²) in [4.78, 5) is 12.8. The fraction of sp³-hybridized carbons (Fsp3) is 0.875. The number of carbonyl (C=O) groups is 1. The molecule has 0 radical (unpaired) electrons. The van der Waals surface area contributed by atoms with Crippen molar-refractivity contribution in [1.82, 2.24) is 4.90 Å². The van der Waals surface area contributed by atoms with E-state index in [1.165, 1.54) is 0 Å². The number of hydrogen-bond acceptors (Lipinski definition) is 2. The van der Waals surface area contributed by atoms with Gasteiger partial charge in [-0.3, -0.25) is 0 Å². The molecule has 0 aliphatic carbocycles. The van der Waals surface area contributed by atoms with Crippen LogP contribution in [0.5, 0.6) is 0 Å². The summed E-state index contributed by atoms with van der Waals surface area (Å²) in [6.07, 6.45) is 0.708. The van der Waals surface area contributed by atoms with Crippen molar-refractivity contribution >= 4 is 13.9 Å². The van der Waals surface area contributed by atoms with E-state index < -0.39 is 0 Å². The molecule has 0 aliphatic rings. The summed E-state index contributed by atoms with van der Waals surface area (Å²) in [5, 5.41) is 0. The van der Waals surface area contributed by atoms with E-state index in [4.69, 9.17) is 4.74 Å². The van der Waals surface area contributed by atoms with Crippen LogP contribution in [-0.2, 0) is 4.74 Å². The minimum atomic E-state index is -0.390. The molecule has 0 unspecified atom stereocenters. The second-order valence-corrected chi connectivity index (χ2v) is 3.90. The van der Waals surface area contributed by atoms with Crippen molar-refractivity contribution < 1.29 is 9.53 Å². The highest BCUT2D eigenvalue weighted by Gasteiger charge is 2.18. The summed E-state index contributed by atoms with van der Waals surface area (Å²) in [6, 6.07) is 0. The van der Waals surface area contributed by atoms with Crippen LogP contribution in [0.25, 0.3) is 0 Å². The average Bonchev–Trinajstić information content (AvgIpc) is 1.84. The highest BCUT2D eigenvalue weighted by molar-refractivity contribution is 6.08. The van der Waals surface area contributed by atoms with Gasteiger partial charge in [0.25, 0.3) is 0 Å². The highest BCUT2D eigenvalue weighted by Crippen LogP contribution is 2.08. The van der Waals surface area contributed by atoms with E-state index in [1.807, 2.05) is 28.6 Å². The van der Waals surface area contributed by atoms with Gasteiger partial charge in [-0.2, -0.15) is 0 Å². The van der Waals surface area contributed by atoms with Crippen LogP contribution in [0.3, 0.4) is 0 Å². The van der Waals surface area contributed by atoms with Crippen molar-refractivity contribution in [3.63, 3.8) is 0 Å². The second-order valence-electron chi connectivity index (χ2n) is 3.90. The fourth-order valence-electron chi connectivity index (χ4n) is 0.767. The van der Waals surface area contributed by atoms with Crippen LogP contribution in [0.2, 0.25) is 6.32 Å². The Morgan fingerprint density at radius 1 is 1.50 bits per heavy atom. The molecule has 0 aliphatic heterocycles. The molecule has 0 fully saturated rings. The molecule has 0 aromatic heterocycles. The van der Waals surface area contributed by atoms with Gasteiger partial charge >= 0.3 is 6.09 Å². The van der Waals surface area contributed by atoms with Crippen molar-refractivity contribution in [3.8, 4) is 0 Å². The molecule has 0 heterocycles. The summed E-state index contributed by atoms with van der Waals surface area (Å²) in [7, 11) is 3.78. The number of rotatable bonds is 2. The molecule has 0 saturated carbocycles. The monoisotopic (exact) mass is 171 g/mol. The lowest BCUT2D eigenvalue weighted by atomic mass is 10.1. The van der Waals surface area contributed by atoms with Gasteiger partial charge in [0.05, 0.1) is 0 Å². The fourth-order valence-corrected chi connectivity index (χ4v) is 0.767. The van der Waals surface area contributed by atoms with Gasteiger partial charge in [0, 0.05) is 13.6 Å². The molecule has 0 atom stereocenters. The van der Waals surface area contributed by atoms with E-state index in [0.717, 1.165) is 12.9 Å². The molecule has 0 rings (SSSR count). The number of ether oxygens (including phenoxy) is 1. The van der Waals surface area contributed by atoms with E-state index >= 15 is 0 Å². The molecule has 3 nitrogen and oxygen atoms in total. The van der Waals surface area contributed by atoms with E-state index in [0.29, 0.717) is 0 Å². The minimum Gasteiger partial charge on any atom is -0.444 e. The third-order valence-corrected chi connectivity index (χ3v) is 1.26. The Balaban J connectivity index is 3.87. The first kappa shape index (κ1) is 11.3. The van der Waals surface area contributed by atoms with Crippen LogP contribution in [0.1, 0.15) is 20.8 Å². The van der Waals surface area contributed by atoms with Gasteiger partial charge in [0.2, 0.25) is 0 Å². The molecule has 0 N–H and O–H groups in total. The van der Waals surface area contributed by atoms with E-state index in [-0.39, 0.29) is 11.7 Å². The van der Waals surface area contributed by atoms with Crippen LogP contribution in [0.4, 0.5) is 4.79 Å². The zero-order chi connectivity index (χ0) is 9.78. The molecule has 1 amide bonds. The maximum Gasteiger partial charge on any atom is 0.409 e. The molecular weight excluding hydrogens is 153 g/mol. The molecule has 4 heteroatoms. The van der Waals surface area contributed by atoms with Crippen molar-refractivity contribution in [2.45, 2.75) is 32.7 Å². The van der Waals surface area contributed by atoms with Gasteiger partial charge in [-0.15, -0.1) is 0 Å². The Labute approximate surface area is 75.5 Å². The first-order chi connectivity index (χ1) is 5.37. The molecule has 0 bridgehead atoms. The second kappa shape index (κ2) is 4.38. The van der Waals surface area contributed by atoms with Crippen LogP contribution >= 0.6 is 0 Å². The highest BCUT2D eigenvalue weighted by atomic mass is 16.6. The maximum absolute atomic E-state index is 11.3. The van der Waals surface area contributed by atoms with Gasteiger partial charge < -0.3 is 9.64 Å². The smallest absolute Gasteiger partial charge is 0.409 e. The quantitative estimate of drug-likeness (QED) is 0.577. The van der Waals surface area contributed by atoms with Crippen molar-refractivity contribution in [3.05, 3.63) is 0 Å². The molecular formula is C8H18BNO2. The predicted molar refractivity (Wildman–Crippen MR) is 52.2 cm³/mol. The lowest BCUT2D eigenvalue weighted by Gasteiger charge is -2.24. The third-order valence-electron chi connectivity index (χ3n) is 1.26. The van der Waals surface area contributed by atoms with Crippen LogP contribution in [-0.4, -0.2) is 38.0 Å². The standard InChI is InChI=1S/C8H18BNO2/c1-8(2,3)12-7(11)10(4)6-5-9/h5-6,9H2,1-4H3. The van der Waals surface area contributed by atoms with E-state index in [1.54, 1.807) is 11.9 Å². The van der Waals surface area contributed by atoms with Crippen LogP contribution in [0.15, 0.2) is 0 Å². The molecule has 0 saturated heterocycles. The predicted octanol–water partition coefficient (Wildman–Crippen LogP) is 0.905. The zero-order valence-electron chi connectivity index (χ0n) is 8.68. The Hall–Kier alpha value is -0.665. The molecule has 0 aromatic carbocycles. The Kier molecular flexibility index (Phi) is 4.14. The topological polar surface area (TPSA) is 29.5 Å². The summed E-state index contributed by atoms with van der Waals surface area (Å²) >= 11 is 0.